The third-order valence-electron chi connectivity index (χ3n) is 4.93. The maximum absolute atomic E-state index is 11.6. The Morgan fingerprint density at radius 1 is 0.594 bits per heavy atom. The van der Waals surface area contributed by atoms with Gasteiger partial charge in [-0.2, -0.15) is 0 Å². The fraction of sp³-hybridized carbons (Fsp3) is 0.385. The Bertz CT molecular complexity index is 918. The van der Waals surface area contributed by atoms with E-state index >= 15 is 0 Å². The molecule has 6 nitrogen and oxygen atoms in total. The summed E-state index contributed by atoms with van der Waals surface area (Å²) < 4.78 is 22.6. The highest BCUT2D eigenvalue weighted by Crippen LogP contribution is 2.42. The van der Waals surface area contributed by atoms with Crippen molar-refractivity contribution in [1.29, 1.82) is 0 Å². The molecule has 0 heterocycles. The Morgan fingerprint density at radius 3 is 1.25 bits per heavy atom. The van der Waals surface area contributed by atoms with Gasteiger partial charge in [0.15, 0.2) is 0 Å². The molecule has 3 aromatic carbocycles. The van der Waals surface area contributed by atoms with Gasteiger partial charge in [0.05, 0.1) is 0 Å². The van der Waals surface area contributed by atoms with Gasteiger partial charge in [-0.05, 0) is 12.8 Å². The number of ether oxygens (including phenoxy) is 4. The van der Waals surface area contributed by atoms with Crippen molar-refractivity contribution in [3.63, 3.8) is 0 Å². The maximum Gasteiger partial charge on any atom is 0.305 e. The second-order valence-corrected chi connectivity index (χ2v) is 7.39. The van der Waals surface area contributed by atoms with Crippen molar-refractivity contribution in [3.8, 4) is 11.5 Å². The van der Waals surface area contributed by atoms with E-state index in [0.29, 0.717) is 12.8 Å². The molecule has 0 fully saturated rings. The van der Waals surface area contributed by atoms with E-state index in [9.17, 15) is 9.59 Å². The summed E-state index contributed by atoms with van der Waals surface area (Å²) in [6, 6.07) is 15.7. The lowest BCUT2D eigenvalue weighted by molar-refractivity contribution is -0.145. The second-order valence-electron chi connectivity index (χ2n) is 7.39. The van der Waals surface area contributed by atoms with E-state index in [1.165, 1.54) is 0 Å². The van der Waals surface area contributed by atoms with Crippen LogP contribution in [0.3, 0.4) is 0 Å². The molecule has 0 unspecified atom stereocenters. The molecule has 0 saturated heterocycles. The Hall–Kier alpha value is -3.28. The first kappa shape index (κ1) is 23.4. The van der Waals surface area contributed by atoms with Crippen molar-refractivity contribution < 1.29 is 28.5 Å². The van der Waals surface area contributed by atoms with Gasteiger partial charge in [0.2, 0.25) is 0 Å². The maximum atomic E-state index is 11.6. The fourth-order valence-electron chi connectivity index (χ4n) is 3.51. The molecule has 32 heavy (non-hydrogen) atoms. The highest BCUT2D eigenvalue weighted by Gasteiger charge is 2.16. The largest absolute Gasteiger partial charge is 0.489 e. The molecule has 0 bridgehead atoms. The minimum Gasteiger partial charge on any atom is -0.489 e. The zero-order valence-electron chi connectivity index (χ0n) is 18.7. The van der Waals surface area contributed by atoms with Crippen LogP contribution in [0.4, 0.5) is 0 Å². The van der Waals surface area contributed by atoms with Crippen molar-refractivity contribution in [2.75, 3.05) is 26.4 Å². The van der Waals surface area contributed by atoms with Gasteiger partial charge in [0.25, 0.3) is 0 Å². The van der Waals surface area contributed by atoms with Crippen LogP contribution >= 0.6 is 0 Å². The Kier molecular flexibility index (Phi) is 8.72. The fourth-order valence-corrected chi connectivity index (χ4v) is 3.51. The van der Waals surface area contributed by atoms with Gasteiger partial charge in [0, 0.05) is 34.4 Å². The van der Waals surface area contributed by atoms with E-state index in [1.807, 2.05) is 62.4 Å². The third-order valence-corrected chi connectivity index (χ3v) is 4.93. The molecular formula is C26H30O6. The number of hydrogen-bond acceptors (Lipinski definition) is 6. The van der Waals surface area contributed by atoms with E-state index in [1.54, 1.807) is 0 Å². The number of fused-ring (bicyclic) bond motifs is 2. The summed E-state index contributed by atoms with van der Waals surface area (Å²) in [5.41, 5.74) is 0. The minimum absolute atomic E-state index is 0.197. The van der Waals surface area contributed by atoms with Gasteiger partial charge in [-0.25, -0.2) is 0 Å². The van der Waals surface area contributed by atoms with Crippen LogP contribution in [0.2, 0.25) is 0 Å². The van der Waals surface area contributed by atoms with Crippen LogP contribution in [0.5, 0.6) is 11.5 Å². The normalized spacial score (nSPS) is 10.8. The van der Waals surface area contributed by atoms with Crippen LogP contribution in [0.15, 0.2) is 48.5 Å². The van der Waals surface area contributed by atoms with E-state index in [2.05, 4.69) is 0 Å². The lowest BCUT2D eigenvalue weighted by Crippen LogP contribution is -2.13. The van der Waals surface area contributed by atoms with Crippen LogP contribution in [0.25, 0.3) is 21.5 Å². The van der Waals surface area contributed by atoms with Crippen LogP contribution in [-0.2, 0) is 19.1 Å². The van der Waals surface area contributed by atoms with E-state index in [-0.39, 0.29) is 38.4 Å². The molecule has 0 aliphatic heterocycles. The molecule has 6 heteroatoms. The Labute approximate surface area is 188 Å². The smallest absolute Gasteiger partial charge is 0.305 e. The SMILES string of the molecule is CCCC(=O)OCCOc1c2ccccc2c(OCCOC(=O)CCC)c2ccccc12. The molecule has 170 valence electrons. The number of benzene rings is 3. The average Bonchev–Trinajstić information content (AvgIpc) is 2.80. The van der Waals surface area contributed by atoms with E-state index in [0.717, 1.165) is 45.9 Å². The van der Waals surface area contributed by atoms with Crippen LogP contribution < -0.4 is 9.47 Å². The van der Waals surface area contributed by atoms with Gasteiger partial charge in [-0.1, -0.05) is 62.4 Å². The summed E-state index contributed by atoms with van der Waals surface area (Å²) in [5, 5.41) is 3.63. The number of rotatable bonds is 12. The molecule has 0 spiro atoms. The number of carbonyl (C=O) groups excluding carboxylic acids is 2. The van der Waals surface area contributed by atoms with Gasteiger partial charge < -0.3 is 18.9 Å². The zero-order chi connectivity index (χ0) is 22.8. The summed E-state index contributed by atoms with van der Waals surface area (Å²) >= 11 is 0. The predicted octanol–water partition coefficient (Wildman–Crippen LogP) is 5.44. The molecule has 0 aromatic heterocycles. The first-order valence-corrected chi connectivity index (χ1v) is 11.2. The summed E-state index contributed by atoms with van der Waals surface area (Å²) in [6.45, 7) is 4.80. The predicted molar refractivity (Wildman–Crippen MR) is 124 cm³/mol. The van der Waals surface area contributed by atoms with Crippen LogP contribution in [0, 0.1) is 0 Å². The molecule has 0 aliphatic carbocycles. The van der Waals surface area contributed by atoms with Gasteiger partial charge in [-0.3, -0.25) is 9.59 Å². The third kappa shape index (κ3) is 5.90. The van der Waals surface area contributed by atoms with Gasteiger partial charge >= 0.3 is 11.9 Å². The number of carbonyl (C=O) groups is 2. The molecule has 3 rings (SSSR count). The van der Waals surface area contributed by atoms with Crippen molar-refractivity contribution in [2.45, 2.75) is 39.5 Å². The van der Waals surface area contributed by atoms with Crippen LogP contribution in [0.1, 0.15) is 39.5 Å². The summed E-state index contributed by atoms with van der Waals surface area (Å²) in [4.78, 5) is 23.2. The number of hydrogen-bond donors (Lipinski definition) is 0. The molecule has 0 atom stereocenters. The van der Waals surface area contributed by atoms with Gasteiger partial charge in [-0.15, -0.1) is 0 Å². The molecule has 0 saturated carbocycles. The molecule has 3 aromatic rings. The van der Waals surface area contributed by atoms with Gasteiger partial charge in [0.1, 0.15) is 37.9 Å². The van der Waals surface area contributed by atoms with Crippen molar-refractivity contribution in [2.24, 2.45) is 0 Å². The zero-order valence-corrected chi connectivity index (χ0v) is 18.7. The second kappa shape index (κ2) is 11.9. The first-order valence-electron chi connectivity index (χ1n) is 11.2. The van der Waals surface area contributed by atoms with Crippen molar-refractivity contribution in [3.05, 3.63) is 48.5 Å². The minimum atomic E-state index is -0.214. The quantitative estimate of drug-likeness (QED) is 0.213. The molecule has 0 aliphatic rings. The summed E-state index contributed by atoms with van der Waals surface area (Å²) in [7, 11) is 0. The van der Waals surface area contributed by atoms with Crippen molar-refractivity contribution in [1.82, 2.24) is 0 Å². The highest BCUT2D eigenvalue weighted by atomic mass is 16.6. The Morgan fingerprint density at radius 2 is 0.938 bits per heavy atom. The lowest BCUT2D eigenvalue weighted by atomic mass is 10.0. The topological polar surface area (TPSA) is 71.1 Å². The van der Waals surface area contributed by atoms with Crippen molar-refractivity contribution >= 4 is 33.5 Å². The molecule has 0 amide bonds. The lowest BCUT2D eigenvalue weighted by Gasteiger charge is -2.18. The summed E-state index contributed by atoms with van der Waals surface area (Å²) in [5.74, 6) is 1.03. The number of esters is 2. The standard InChI is InChI=1S/C26H30O6/c1-3-9-23(27)29-15-17-31-25-19-11-5-7-13-21(19)26(22-14-8-6-12-20(22)25)32-18-16-30-24(28)10-4-2/h5-8,11-14H,3-4,9-10,15-18H2,1-2H3. The molecular weight excluding hydrogens is 408 g/mol. The molecule has 0 N–H and O–H groups in total. The first-order chi connectivity index (χ1) is 15.7. The van der Waals surface area contributed by atoms with E-state index in [4.69, 9.17) is 18.9 Å². The van der Waals surface area contributed by atoms with Crippen LogP contribution in [-0.4, -0.2) is 38.4 Å². The van der Waals surface area contributed by atoms with E-state index < -0.39 is 0 Å². The molecule has 0 radical (unpaired) electrons. The Balaban J connectivity index is 1.82. The summed E-state index contributed by atoms with van der Waals surface area (Å²) in [6.07, 6.45) is 2.33. The highest BCUT2D eigenvalue weighted by molar-refractivity contribution is 6.11. The monoisotopic (exact) mass is 438 g/mol. The average molecular weight is 439 g/mol.